The summed E-state index contributed by atoms with van der Waals surface area (Å²) < 4.78 is 34.1. The van der Waals surface area contributed by atoms with Crippen LogP contribution >= 0.6 is 0 Å². The zero-order valence-corrected chi connectivity index (χ0v) is 10.4. The first-order chi connectivity index (χ1) is 3.73. The van der Waals surface area contributed by atoms with E-state index in [9.17, 15) is 0 Å². The Morgan fingerprint density at radius 1 is 1.00 bits per heavy atom. The molecule has 11 heavy (non-hydrogen) atoms. The number of hydrogen-bond acceptors (Lipinski definition) is 7. The average Bonchev–Trinajstić information content (AvgIpc) is 1.19. The number of hydrogen-bond donors (Lipinski definition) is 0. The SMILES string of the molecule is O=S(=O)([O-])[O-].O=[N+]([O-])[O-].[Zr+4].[Zr+4]. The Kier molecular flexibility index (Phi) is 22.3. The molecular weight excluding hydrogens is 341 g/mol. The molecule has 0 N–H and O–H groups in total. The summed E-state index contributed by atoms with van der Waals surface area (Å²) in [4.78, 5) is 8.25. The van der Waals surface area contributed by atoms with Crippen LogP contribution in [-0.4, -0.2) is 22.6 Å². The third-order valence-corrected chi connectivity index (χ3v) is 0. The van der Waals surface area contributed by atoms with E-state index in [4.69, 9.17) is 32.8 Å². The molecule has 0 aromatic heterocycles. The average molecular weight is 341 g/mol. The third-order valence-electron chi connectivity index (χ3n) is 0. The summed E-state index contributed by atoms with van der Waals surface area (Å²) in [6.45, 7) is 0. The van der Waals surface area contributed by atoms with Crippen LogP contribution in [0.5, 0.6) is 0 Å². The molecule has 0 unspecified atom stereocenters. The van der Waals surface area contributed by atoms with Gasteiger partial charge >= 0.3 is 52.4 Å². The van der Waals surface area contributed by atoms with Crippen molar-refractivity contribution in [2.24, 2.45) is 0 Å². The minimum Gasteiger partial charge on any atom is -0.759 e. The molecule has 0 heterocycles. The van der Waals surface area contributed by atoms with E-state index in [1.54, 1.807) is 0 Å². The molecule has 8 nitrogen and oxygen atoms in total. The van der Waals surface area contributed by atoms with Crippen LogP contribution in [0, 0.1) is 15.3 Å². The fourth-order valence-electron chi connectivity index (χ4n) is 0. The number of rotatable bonds is 0. The van der Waals surface area contributed by atoms with Gasteiger partial charge in [0.05, 0.1) is 5.09 Å². The zero-order chi connectivity index (χ0) is 8.08. The standard InChI is InChI=1S/NO3.H2O4S.2Zr/c2-1(3)4;1-5(2,3)4;;/h;(H2,1,2,3,4);;/q-1;;2*+4/p-2. The van der Waals surface area contributed by atoms with Gasteiger partial charge in [0.25, 0.3) is 0 Å². The topological polar surface area (TPSA) is 146 Å². The molecule has 0 fully saturated rings. The maximum atomic E-state index is 8.52. The Hall–Kier alpha value is 0.836. The summed E-state index contributed by atoms with van der Waals surface area (Å²) in [5, 5.41) is 14.8. The summed E-state index contributed by atoms with van der Waals surface area (Å²) in [7, 11) is -5.17. The molecule has 0 rings (SSSR count). The van der Waals surface area contributed by atoms with Crippen molar-refractivity contribution < 1.29 is 75.0 Å². The summed E-state index contributed by atoms with van der Waals surface area (Å²) in [5.74, 6) is 0. The van der Waals surface area contributed by atoms with Gasteiger partial charge in [-0.3, -0.25) is 8.42 Å². The van der Waals surface area contributed by atoms with Crippen LogP contribution in [0.15, 0.2) is 0 Å². The smallest absolute Gasteiger partial charge is 0.759 e. The van der Waals surface area contributed by atoms with Gasteiger partial charge in [0.1, 0.15) is 0 Å². The monoisotopic (exact) mass is 338 g/mol. The Labute approximate surface area is 99.9 Å². The minimum atomic E-state index is -5.17. The van der Waals surface area contributed by atoms with Crippen molar-refractivity contribution in [2.45, 2.75) is 0 Å². The van der Waals surface area contributed by atoms with Crippen molar-refractivity contribution in [1.82, 2.24) is 0 Å². The van der Waals surface area contributed by atoms with Crippen LogP contribution in [0.25, 0.3) is 0 Å². The van der Waals surface area contributed by atoms with Gasteiger partial charge in [0.2, 0.25) is 0 Å². The van der Waals surface area contributed by atoms with Gasteiger partial charge in [-0.05, 0) is 0 Å². The first kappa shape index (κ1) is 22.6. The van der Waals surface area contributed by atoms with E-state index in [-0.39, 0.29) is 52.4 Å². The summed E-state index contributed by atoms with van der Waals surface area (Å²) >= 11 is 0. The second-order valence-corrected chi connectivity index (χ2v) is 1.45. The molecule has 0 spiro atoms. The molecular formula is NO7SZr2+5. The fourth-order valence-corrected chi connectivity index (χ4v) is 0. The maximum absolute atomic E-state index is 8.52. The first-order valence-corrected chi connectivity index (χ1v) is 2.55. The van der Waals surface area contributed by atoms with Crippen LogP contribution in [0.4, 0.5) is 0 Å². The van der Waals surface area contributed by atoms with Gasteiger partial charge in [-0.15, -0.1) is 0 Å². The van der Waals surface area contributed by atoms with Crippen molar-refractivity contribution in [1.29, 1.82) is 0 Å². The van der Waals surface area contributed by atoms with E-state index in [1.165, 1.54) is 0 Å². The second-order valence-electron chi connectivity index (χ2n) is 0.632. The molecule has 0 saturated carbocycles. The van der Waals surface area contributed by atoms with Gasteiger partial charge in [-0.1, -0.05) is 0 Å². The minimum absolute atomic E-state index is 0. The molecule has 0 bridgehead atoms. The molecule has 56 valence electrons. The molecule has 0 aliphatic heterocycles. The van der Waals surface area contributed by atoms with Gasteiger partial charge in [0, 0.05) is 10.4 Å². The number of nitrogens with zero attached hydrogens (tertiary/aromatic N) is 1. The summed E-state index contributed by atoms with van der Waals surface area (Å²) in [5.41, 5.74) is 0. The van der Waals surface area contributed by atoms with E-state index in [1.807, 2.05) is 0 Å². The Balaban J connectivity index is -0.0000000383. The predicted octanol–water partition coefficient (Wildman–Crippen LogP) is -1.58. The molecule has 0 radical (unpaired) electrons. The van der Waals surface area contributed by atoms with E-state index in [2.05, 4.69) is 0 Å². The second kappa shape index (κ2) is 10.8. The van der Waals surface area contributed by atoms with E-state index >= 15 is 0 Å². The molecule has 0 aromatic carbocycles. The molecule has 11 heteroatoms. The largest absolute Gasteiger partial charge is 4.00 e. The third kappa shape index (κ3) is 1210. The van der Waals surface area contributed by atoms with Crippen molar-refractivity contribution in [2.75, 3.05) is 0 Å². The van der Waals surface area contributed by atoms with Gasteiger partial charge in [-0.2, -0.15) is 0 Å². The van der Waals surface area contributed by atoms with Crippen molar-refractivity contribution >= 4 is 10.4 Å². The Bertz CT molecular complexity index is 159. The molecule has 0 saturated heterocycles. The van der Waals surface area contributed by atoms with E-state index < -0.39 is 15.5 Å². The Morgan fingerprint density at radius 3 is 1.00 bits per heavy atom. The van der Waals surface area contributed by atoms with Crippen LogP contribution in [-0.2, 0) is 62.8 Å². The summed E-state index contributed by atoms with van der Waals surface area (Å²) in [6.07, 6.45) is 0. The summed E-state index contributed by atoms with van der Waals surface area (Å²) in [6, 6.07) is 0. The zero-order valence-electron chi connectivity index (χ0n) is 4.71. The van der Waals surface area contributed by atoms with Gasteiger partial charge in [0.15, 0.2) is 0 Å². The van der Waals surface area contributed by atoms with E-state index in [0.717, 1.165) is 0 Å². The van der Waals surface area contributed by atoms with Crippen LogP contribution in [0.3, 0.4) is 0 Å². The van der Waals surface area contributed by atoms with Gasteiger partial charge in [-0.25, -0.2) is 0 Å². The van der Waals surface area contributed by atoms with Crippen LogP contribution in [0.1, 0.15) is 0 Å². The molecule has 0 atom stereocenters. The maximum Gasteiger partial charge on any atom is 4.00 e. The van der Waals surface area contributed by atoms with Crippen molar-refractivity contribution in [3.8, 4) is 0 Å². The predicted molar refractivity (Wildman–Crippen MR) is 20.8 cm³/mol. The quantitative estimate of drug-likeness (QED) is 0.224. The van der Waals surface area contributed by atoms with Crippen LogP contribution < -0.4 is 0 Å². The molecule has 0 aliphatic carbocycles. The molecule has 0 amide bonds. The fraction of sp³-hybridized carbons (Fsp3) is 0. The van der Waals surface area contributed by atoms with Crippen molar-refractivity contribution in [3.63, 3.8) is 0 Å². The normalized spacial score (nSPS) is 7.45. The van der Waals surface area contributed by atoms with Crippen LogP contribution in [0.2, 0.25) is 0 Å². The first-order valence-electron chi connectivity index (χ1n) is 1.21. The van der Waals surface area contributed by atoms with Gasteiger partial charge < -0.3 is 24.4 Å². The molecule has 0 aromatic rings. The Morgan fingerprint density at radius 2 is 1.00 bits per heavy atom. The molecule has 0 aliphatic rings. The van der Waals surface area contributed by atoms with Crippen molar-refractivity contribution in [3.05, 3.63) is 15.3 Å². The van der Waals surface area contributed by atoms with E-state index in [0.29, 0.717) is 0 Å².